The number of hydrogen-bond donors (Lipinski definition) is 1. The van der Waals surface area contributed by atoms with E-state index in [0.29, 0.717) is 5.95 Å². The van der Waals surface area contributed by atoms with E-state index in [1.807, 2.05) is 62.4 Å². The van der Waals surface area contributed by atoms with Gasteiger partial charge in [-0.3, -0.25) is 0 Å². The van der Waals surface area contributed by atoms with Crippen molar-refractivity contribution in [2.45, 2.75) is 13.8 Å². The first kappa shape index (κ1) is 14.8. The van der Waals surface area contributed by atoms with Gasteiger partial charge in [-0.25, -0.2) is 9.66 Å². The maximum Gasteiger partial charge on any atom is 0.221 e. The predicted molar refractivity (Wildman–Crippen MR) is 92.1 cm³/mol. The third kappa shape index (κ3) is 3.77. The van der Waals surface area contributed by atoms with Crippen LogP contribution in [0.2, 0.25) is 0 Å². The Labute approximate surface area is 135 Å². The van der Waals surface area contributed by atoms with Crippen molar-refractivity contribution in [1.82, 2.24) is 9.66 Å². The van der Waals surface area contributed by atoms with Gasteiger partial charge in [0.15, 0.2) is 0 Å². The standard InChI is InChI=1S/C18H18N4O/c1-13-3-7-16(8-4-13)23-17-9-5-15(6-10-17)11-20-22-12-14(2)21-18(22)19/h3-12H,1-2H3,(H2,19,21). The molecule has 2 N–H and O–H groups in total. The lowest BCUT2D eigenvalue weighted by molar-refractivity contribution is 0.482. The van der Waals surface area contributed by atoms with Crippen LogP contribution in [0.4, 0.5) is 5.95 Å². The Bertz CT molecular complexity index is 817. The number of nitrogens with two attached hydrogens (primary N) is 1. The molecule has 0 radical (unpaired) electrons. The maximum absolute atomic E-state index is 5.79. The fourth-order valence-corrected chi connectivity index (χ4v) is 2.09. The zero-order valence-electron chi connectivity index (χ0n) is 13.1. The minimum Gasteiger partial charge on any atom is -0.457 e. The van der Waals surface area contributed by atoms with Gasteiger partial charge in [-0.15, -0.1) is 0 Å². The van der Waals surface area contributed by atoms with Crippen LogP contribution in [0.25, 0.3) is 0 Å². The summed E-state index contributed by atoms with van der Waals surface area (Å²) in [5.41, 5.74) is 8.74. The molecule has 2 aromatic carbocycles. The summed E-state index contributed by atoms with van der Waals surface area (Å²) in [7, 11) is 0. The summed E-state index contributed by atoms with van der Waals surface area (Å²) >= 11 is 0. The van der Waals surface area contributed by atoms with Crippen LogP contribution in [0.1, 0.15) is 16.8 Å². The van der Waals surface area contributed by atoms with Crippen LogP contribution in [0.5, 0.6) is 11.5 Å². The van der Waals surface area contributed by atoms with Gasteiger partial charge in [0, 0.05) is 0 Å². The molecular formula is C18H18N4O. The van der Waals surface area contributed by atoms with Gasteiger partial charge in [-0.05, 0) is 55.8 Å². The van der Waals surface area contributed by atoms with Crippen molar-refractivity contribution in [3.8, 4) is 11.5 Å². The van der Waals surface area contributed by atoms with E-state index in [1.165, 1.54) is 5.56 Å². The van der Waals surface area contributed by atoms with Crippen LogP contribution in [0.15, 0.2) is 59.8 Å². The second-order valence-electron chi connectivity index (χ2n) is 5.31. The molecule has 23 heavy (non-hydrogen) atoms. The van der Waals surface area contributed by atoms with Crippen LogP contribution < -0.4 is 10.5 Å². The van der Waals surface area contributed by atoms with Crippen LogP contribution >= 0.6 is 0 Å². The van der Waals surface area contributed by atoms with E-state index in [1.54, 1.807) is 17.1 Å². The van der Waals surface area contributed by atoms with Crippen molar-refractivity contribution in [1.29, 1.82) is 0 Å². The van der Waals surface area contributed by atoms with Crippen LogP contribution in [-0.4, -0.2) is 15.9 Å². The maximum atomic E-state index is 5.79. The van der Waals surface area contributed by atoms with Gasteiger partial charge in [0.1, 0.15) is 11.5 Å². The second-order valence-corrected chi connectivity index (χ2v) is 5.31. The summed E-state index contributed by atoms with van der Waals surface area (Å²) in [5.74, 6) is 1.97. The Morgan fingerprint density at radius 2 is 1.61 bits per heavy atom. The molecule has 0 aliphatic carbocycles. The van der Waals surface area contributed by atoms with Crippen molar-refractivity contribution in [3.63, 3.8) is 0 Å². The Balaban J connectivity index is 1.69. The van der Waals surface area contributed by atoms with Crippen LogP contribution in [-0.2, 0) is 0 Å². The number of imidazole rings is 1. The zero-order valence-corrected chi connectivity index (χ0v) is 13.1. The normalized spacial score (nSPS) is 11.0. The van der Waals surface area contributed by atoms with Gasteiger partial charge >= 0.3 is 0 Å². The summed E-state index contributed by atoms with van der Waals surface area (Å²) in [6, 6.07) is 15.6. The van der Waals surface area contributed by atoms with E-state index in [-0.39, 0.29) is 0 Å². The van der Waals surface area contributed by atoms with Gasteiger partial charge in [0.25, 0.3) is 0 Å². The van der Waals surface area contributed by atoms with Gasteiger partial charge in [-0.2, -0.15) is 5.10 Å². The monoisotopic (exact) mass is 306 g/mol. The number of nitrogen functional groups attached to an aromatic ring is 1. The lowest BCUT2D eigenvalue weighted by Crippen LogP contribution is -1.96. The number of aromatic nitrogens is 2. The molecule has 0 bridgehead atoms. The van der Waals surface area contributed by atoms with Crippen molar-refractivity contribution < 1.29 is 4.74 Å². The zero-order chi connectivity index (χ0) is 16.2. The van der Waals surface area contributed by atoms with Gasteiger partial charge < -0.3 is 10.5 Å². The van der Waals surface area contributed by atoms with Gasteiger partial charge in [0.05, 0.1) is 18.1 Å². The third-order valence-electron chi connectivity index (χ3n) is 3.30. The summed E-state index contributed by atoms with van der Waals surface area (Å²) in [6.07, 6.45) is 3.51. The highest BCUT2D eigenvalue weighted by Gasteiger charge is 1.99. The molecule has 1 heterocycles. The van der Waals surface area contributed by atoms with Gasteiger partial charge in [-0.1, -0.05) is 17.7 Å². The highest BCUT2D eigenvalue weighted by molar-refractivity contribution is 5.79. The van der Waals surface area contributed by atoms with Crippen LogP contribution in [0.3, 0.4) is 0 Å². The first-order valence-electron chi connectivity index (χ1n) is 7.30. The van der Waals surface area contributed by atoms with Crippen molar-refractivity contribution in [2.75, 3.05) is 5.73 Å². The number of hydrogen-bond acceptors (Lipinski definition) is 4. The number of anilines is 1. The molecule has 0 atom stereocenters. The minimum atomic E-state index is 0.373. The molecule has 0 spiro atoms. The minimum absolute atomic E-state index is 0.373. The Hall–Kier alpha value is -3.08. The van der Waals surface area contributed by atoms with E-state index >= 15 is 0 Å². The van der Waals surface area contributed by atoms with E-state index in [2.05, 4.69) is 10.1 Å². The summed E-state index contributed by atoms with van der Waals surface area (Å²) in [6.45, 7) is 3.92. The largest absolute Gasteiger partial charge is 0.457 e. The first-order valence-corrected chi connectivity index (χ1v) is 7.30. The number of benzene rings is 2. The number of rotatable bonds is 4. The molecule has 5 nitrogen and oxygen atoms in total. The molecule has 0 unspecified atom stereocenters. The van der Waals surface area contributed by atoms with Gasteiger partial charge in [0.2, 0.25) is 5.95 Å². The molecule has 3 rings (SSSR count). The molecule has 0 fully saturated rings. The molecule has 0 aliphatic heterocycles. The molecule has 0 aliphatic rings. The predicted octanol–water partition coefficient (Wildman–Crippen LogP) is 3.76. The van der Waals surface area contributed by atoms with E-state index in [4.69, 9.17) is 10.5 Å². The van der Waals surface area contributed by atoms with Crippen molar-refractivity contribution in [2.24, 2.45) is 5.10 Å². The molecular weight excluding hydrogens is 288 g/mol. The van der Waals surface area contributed by atoms with E-state index < -0.39 is 0 Å². The lowest BCUT2D eigenvalue weighted by Gasteiger charge is -2.06. The second kappa shape index (κ2) is 6.36. The molecule has 1 aromatic heterocycles. The third-order valence-corrected chi connectivity index (χ3v) is 3.30. The molecule has 0 saturated carbocycles. The summed E-state index contributed by atoms with van der Waals surface area (Å²) in [4.78, 5) is 4.10. The fraction of sp³-hybridized carbons (Fsp3) is 0.111. The first-order chi connectivity index (χ1) is 11.1. The fourth-order valence-electron chi connectivity index (χ4n) is 2.09. The number of aryl methyl sites for hydroxylation is 2. The Kier molecular flexibility index (Phi) is 4.10. The Morgan fingerprint density at radius 3 is 2.17 bits per heavy atom. The average Bonchev–Trinajstić information content (AvgIpc) is 2.87. The summed E-state index contributed by atoms with van der Waals surface area (Å²) in [5, 5.41) is 4.28. The smallest absolute Gasteiger partial charge is 0.221 e. The van der Waals surface area contributed by atoms with E-state index in [9.17, 15) is 0 Å². The Morgan fingerprint density at radius 1 is 1.00 bits per heavy atom. The highest BCUT2D eigenvalue weighted by atomic mass is 16.5. The van der Waals surface area contributed by atoms with Crippen molar-refractivity contribution in [3.05, 3.63) is 71.5 Å². The lowest BCUT2D eigenvalue weighted by atomic mass is 10.2. The SMILES string of the molecule is Cc1ccc(Oc2ccc(C=Nn3cc(C)nc3N)cc2)cc1. The molecule has 0 amide bonds. The number of nitrogens with zero attached hydrogens (tertiary/aromatic N) is 3. The highest BCUT2D eigenvalue weighted by Crippen LogP contribution is 2.21. The quantitative estimate of drug-likeness (QED) is 0.746. The topological polar surface area (TPSA) is 65.4 Å². The molecule has 0 saturated heterocycles. The summed E-state index contributed by atoms with van der Waals surface area (Å²) < 4.78 is 7.34. The van der Waals surface area contributed by atoms with Crippen molar-refractivity contribution >= 4 is 12.2 Å². The molecule has 3 aromatic rings. The van der Waals surface area contributed by atoms with Crippen LogP contribution in [0, 0.1) is 13.8 Å². The molecule has 116 valence electrons. The van der Waals surface area contributed by atoms with E-state index in [0.717, 1.165) is 22.8 Å². The number of ether oxygens (including phenoxy) is 1. The molecule has 5 heteroatoms. The average molecular weight is 306 g/mol.